The maximum atomic E-state index is 11.7. The summed E-state index contributed by atoms with van der Waals surface area (Å²) in [4.78, 5) is 13.7. The van der Waals surface area contributed by atoms with Gasteiger partial charge in [0.1, 0.15) is 0 Å². The van der Waals surface area contributed by atoms with E-state index in [9.17, 15) is 4.79 Å². The summed E-state index contributed by atoms with van der Waals surface area (Å²) in [6.07, 6.45) is 2.90. The fourth-order valence-electron chi connectivity index (χ4n) is 2.03. The lowest BCUT2D eigenvalue weighted by molar-refractivity contribution is -0.130. The molecule has 0 radical (unpaired) electrons. The standard InChI is InChI=1S/C11H20N2O/c1-4-5-12-7-11(14)13-8-9(2)6-10(13)3/h4,9-10,12H,1,5-8H2,2-3H3. The number of rotatable bonds is 4. The largest absolute Gasteiger partial charge is 0.339 e. The number of nitrogens with one attached hydrogen (secondary N) is 1. The summed E-state index contributed by atoms with van der Waals surface area (Å²) < 4.78 is 0. The number of likely N-dealkylation sites (tertiary alicyclic amines) is 1. The van der Waals surface area contributed by atoms with E-state index >= 15 is 0 Å². The Hall–Kier alpha value is -0.830. The highest BCUT2D eigenvalue weighted by Crippen LogP contribution is 2.21. The van der Waals surface area contributed by atoms with Crippen LogP contribution in [-0.4, -0.2) is 36.5 Å². The second-order valence-electron chi connectivity index (χ2n) is 4.16. The first-order chi connectivity index (χ1) is 6.65. The van der Waals surface area contributed by atoms with Crippen LogP contribution >= 0.6 is 0 Å². The van der Waals surface area contributed by atoms with Crippen LogP contribution in [0.25, 0.3) is 0 Å². The lowest BCUT2D eigenvalue weighted by Crippen LogP contribution is -2.40. The molecule has 80 valence electrons. The van der Waals surface area contributed by atoms with Crippen LogP contribution in [0.1, 0.15) is 20.3 Å². The van der Waals surface area contributed by atoms with E-state index in [4.69, 9.17) is 0 Å². The zero-order chi connectivity index (χ0) is 10.6. The summed E-state index contributed by atoms with van der Waals surface area (Å²) in [6.45, 7) is 9.95. The summed E-state index contributed by atoms with van der Waals surface area (Å²) in [5.41, 5.74) is 0. The molecule has 0 aliphatic carbocycles. The van der Waals surface area contributed by atoms with Crippen LogP contribution in [0, 0.1) is 5.92 Å². The highest BCUT2D eigenvalue weighted by Gasteiger charge is 2.29. The van der Waals surface area contributed by atoms with Crippen LogP contribution in [0.2, 0.25) is 0 Å². The highest BCUT2D eigenvalue weighted by molar-refractivity contribution is 5.78. The average molecular weight is 196 g/mol. The van der Waals surface area contributed by atoms with E-state index in [0.717, 1.165) is 13.0 Å². The summed E-state index contributed by atoms with van der Waals surface area (Å²) in [5.74, 6) is 0.858. The van der Waals surface area contributed by atoms with Gasteiger partial charge in [0, 0.05) is 19.1 Å². The van der Waals surface area contributed by atoms with E-state index in [1.807, 2.05) is 4.90 Å². The Morgan fingerprint density at radius 1 is 1.64 bits per heavy atom. The van der Waals surface area contributed by atoms with Gasteiger partial charge in [-0.05, 0) is 19.3 Å². The molecule has 1 heterocycles. The molecule has 0 aromatic heterocycles. The number of hydrogen-bond acceptors (Lipinski definition) is 2. The lowest BCUT2D eigenvalue weighted by Gasteiger charge is -2.21. The fraction of sp³-hybridized carbons (Fsp3) is 0.727. The second kappa shape index (κ2) is 5.15. The summed E-state index contributed by atoms with van der Waals surface area (Å²) in [5, 5.41) is 3.04. The van der Waals surface area contributed by atoms with Crippen LogP contribution in [0.3, 0.4) is 0 Å². The molecule has 0 aromatic carbocycles. The SMILES string of the molecule is C=CCNCC(=O)N1CC(C)CC1C. The first-order valence-electron chi connectivity index (χ1n) is 5.26. The normalized spacial score (nSPS) is 26.6. The second-order valence-corrected chi connectivity index (χ2v) is 4.16. The molecule has 2 atom stereocenters. The summed E-state index contributed by atoms with van der Waals surface area (Å²) in [6, 6.07) is 0.406. The zero-order valence-electron chi connectivity index (χ0n) is 9.12. The molecular weight excluding hydrogens is 176 g/mol. The molecule has 1 N–H and O–H groups in total. The maximum absolute atomic E-state index is 11.7. The highest BCUT2D eigenvalue weighted by atomic mass is 16.2. The van der Waals surface area contributed by atoms with Gasteiger partial charge in [-0.2, -0.15) is 0 Å². The Balaban J connectivity index is 2.33. The molecular formula is C11H20N2O. The molecule has 0 spiro atoms. The van der Waals surface area contributed by atoms with Gasteiger partial charge >= 0.3 is 0 Å². The van der Waals surface area contributed by atoms with Gasteiger partial charge in [0.25, 0.3) is 0 Å². The van der Waals surface area contributed by atoms with Crippen LogP contribution in [-0.2, 0) is 4.79 Å². The van der Waals surface area contributed by atoms with E-state index in [1.165, 1.54) is 0 Å². The molecule has 1 aliphatic rings. The Labute approximate surface area is 86.2 Å². The Kier molecular flexibility index (Phi) is 4.14. The topological polar surface area (TPSA) is 32.3 Å². The molecule has 1 rings (SSSR count). The van der Waals surface area contributed by atoms with E-state index < -0.39 is 0 Å². The van der Waals surface area contributed by atoms with Crippen molar-refractivity contribution in [1.82, 2.24) is 10.2 Å². The average Bonchev–Trinajstić information content (AvgIpc) is 2.45. The fourth-order valence-corrected chi connectivity index (χ4v) is 2.03. The zero-order valence-corrected chi connectivity index (χ0v) is 9.12. The van der Waals surface area contributed by atoms with Crippen molar-refractivity contribution in [3.8, 4) is 0 Å². The van der Waals surface area contributed by atoms with Gasteiger partial charge in [-0.1, -0.05) is 13.0 Å². The number of carbonyl (C=O) groups is 1. The minimum absolute atomic E-state index is 0.212. The van der Waals surface area contributed by atoms with Gasteiger partial charge < -0.3 is 10.2 Å². The molecule has 0 bridgehead atoms. The quantitative estimate of drug-likeness (QED) is 0.538. The Morgan fingerprint density at radius 2 is 2.36 bits per heavy atom. The molecule has 1 amide bonds. The number of amides is 1. The van der Waals surface area contributed by atoms with Crippen molar-refractivity contribution in [2.24, 2.45) is 5.92 Å². The van der Waals surface area contributed by atoms with Gasteiger partial charge in [0.05, 0.1) is 6.54 Å². The van der Waals surface area contributed by atoms with Crippen LogP contribution in [0.5, 0.6) is 0 Å². The van der Waals surface area contributed by atoms with Crippen molar-refractivity contribution in [3.05, 3.63) is 12.7 Å². The first kappa shape index (κ1) is 11.2. The van der Waals surface area contributed by atoms with Gasteiger partial charge in [-0.3, -0.25) is 4.79 Å². The molecule has 3 nitrogen and oxygen atoms in total. The minimum Gasteiger partial charge on any atom is -0.339 e. The smallest absolute Gasteiger partial charge is 0.236 e. The molecule has 3 heteroatoms. The van der Waals surface area contributed by atoms with Crippen molar-refractivity contribution in [1.29, 1.82) is 0 Å². The molecule has 14 heavy (non-hydrogen) atoms. The van der Waals surface area contributed by atoms with Gasteiger partial charge in [0.15, 0.2) is 0 Å². The molecule has 2 unspecified atom stereocenters. The maximum Gasteiger partial charge on any atom is 0.236 e. The number of carbonyl (C=O) groups excluding carboxylic acids is 1. The van der Waals surface area contributed by atoms with Crippen molar-refractivity contribution >= 4 is 5.91 Å². The van der Waals surface area contributed by atoms with E-state index in [0.29, 0.717) is 25.0 Å². The third kappa shape index (κ3) is 2.84. The third-order valence-electron chi connectivity index (χ3n) is 2.67. The van der Waals surface area contributed by atoms with Crippen LogP contribution in [0.4, 0.5) is 0 Å². The predicted molar refractivity (Wildman–Crippen MR) is 58.0 cm³/mol. The number of hydrogen-bond donors (Lipinski definition) is 1. The van der Waals surface area contributed by atoms with E-state index in [-0.39, 0.29) is 5.91 Å². The van der Waals surface area contributed by atoms with Crippen LogP contribution < -0.4 is 5.32 Å². The van der Waals surface area contributed by atoms with Gasteiger partial charge in [-0.15, -0.1) is 6.58 Å². The molecule has 1 saturated heterocycles. The molecule has 0 aromatic rings. The van der Waals surface area contributed by atoms with Crippen molar-refractivity contribution in [2.45, 2.75) is 26.3 Å². The summed E-state index contributed by atoms with van der Waals surface area (Å²) in [7, 11) is 0. The van der Waals surface area contributed by atoms with E-state index in [1.54, 1.807) is 6.08 Å². The summed E-state index contributed by atoms with van der Waals surface area (Å²) >= 11 is 0. The number of nitrogens with zero attached hydrogens (tertiary/aromatic N) is 1. The van der Waals surface area contributed by atoms with E-state index in [2.05, 4.69) is 25.7 Å². The monoisotopic (exact) mass is 196 g/mol. The lowest BCUT2D eigenvalue weighted by atomic mass is 10.1. The molecule has 1 aliphatic heterocycles. The first-order valence-corrected chi connectivity index (χ1v) is 5.26. The van der Waals surface area contributed by atoms with Gasteiger partial charge in [-0.25, -0.2) is 0 Å². The predicted octanol–water partition coefficient (Wildman–Crippen LogP) is 1.02. The van der Waals surface area contributed by atoms with Crippen LogP contribution in [0.15, 0.2) is 12.7 Å². The van der Waals surface area contributed by atoms with Gasteiger partial charge in [0.2, 0.25) is 5.91 Å². The van der Waals surface area contributed by atoms with Crippen molar-refractivity contribution in [2.75, 3.05) is 19.6 Å². The molecule has 1 fully saturated rings. The molecule has 0 saturated carbocycles. The minimum atomic E-state index is 0.212. The Morgan fingerprint density at radius 3 is 2.86 bits per heavy atom. The third-order valence-corrected chi connectivity index (χ3v) is 2.67. The Bertz CT molecular complexity index is 215. The van der Waals surface area contributed by atoms with Crippen molar-refractivity contribution in [3.63, 3.8) is 0 Å². The van der Waals surface area contributed by atoms with Crippen molar-refractivity contribution < 1.29 is 4.79 Å².